The lowest BCUT2D eigenvalue weighted by Gasteiger charge is -2.07. The van der Waals surface area contributed by atoms with E-state index in [9.17, 15) is 4.79 Å². The molecule has 0 saturated carbocycles. The Balaban J connectivity index is 1.86. The van der Waals surface area contributed by atoms with Crippen LogP contribution >= 0.6 is 0 Å². The van der Waals surface area contributed by atoms with E-state index in [4.69, 9.17) is 4.42 Å². The molecule has 0 aliphatic carbocycles. The number of aryl methyl sites for hydroxylation is 1. The van der Waals surface area contributed by atoms with E-state index < -0.39 is 0 Å². The predicted octanol–water partition coefficient (Wildman–Crippen LogP) is 4.01. The molecule has 0 spiro atoms. The van der Waals surface area contributed by atoms with Crippen LogP contribution in [-0.2, 0) is 0 Å². The van der Waals surface area contributed by atoms with Crippen molar-refractivity contribution in [2.24, 2.45) is 10.1 Å². The average molecular weight is 333 g/mol. The van der Waals surface area contributed by atoms with Crippen molar-refractivity contribution in [3.63, 3.8) is 0 Å². The number of hydrogen-bond donors (Lipinski definition) is 1. The second-order valence-corrected chi connectivity index (χ2v) is 5.72. The molecular formula is C20H19N3O2. The Bertz CT molecular complexity index is 1020. The lowest BCUT2D eigenvalue weighted by atomic mass is 10.1. The number of aliphatic imine (C=N–C) groups is 1. The largest absolute Gasteiger partial charge is 0.422 e. The Hall–Kier alpha value is -3.21. The molecule has 1 N–H and O–H groups in total. The zero-order valence-electron chi connectivity index (χ0n) is 14.4. The molecule has 0 unspecified atom stereocenters. The highest BCUT2D eigenvalue weighted by atomic mass is 16.4. The number of rotatable bonds is 4. The first-order valence-electron chi connectivity index (χ1n) is 7.96. The molecule has 126 valence electrons. The Kier molecular flexibility index (Phi) is 4.75. The first kappa shape index (κ1) is 16.6. The van der Waals surface area contributed by atoms with Crippen molar-refractivity contribution in [1.82, 2.24) is 0 Å². The van der Waals surface area contributed by atoms with Gasteiger partial charge in [0.2, 0.25) is 0 Å². The lowest BCUT2D eigenvalue weighted by Crippen LogP contribution is -2.13. The summed E-state index contributed by atoms with van der Waals surface area (Å²) in [6, 6.07) is 17.3. The van der Waals surface area contributed by atoms with Gasteiger partial charge in [0.05, 0.1) is 17.1 Å². The minimum Gasteiger partial charge on any atom is -0.422 e. The monoisotopic (exact) mass is 333 g/mol. The average Bonchev–Trinajstić information content (AvgIpc) is 2.62. The lowest BCUT2D eigenvalue weighted by molar-refractivity contribution is 0.555. The highest BCUT2D eigenvalue weighted by Crippen LogP contribution is 2.18. The molecule has 0 amide bonds. The number of hydrogen-bond acceptors (Lipinski definition) is 5. The molecule has 1 aromatic heterocycles. The number of benzene rings is 2. The first-order chi connectivity index (χ1) is 12.1. The molecule has 0 aliphatic rings. The van der Waals surface area contributed by atoms with Gasteiger partial charge in [0.25, 0.3) is 0 Å². The van der Waals surface area contributed by atoms with Gasteiger partial charge in [-0.3, -0.25) is 10.4 Å². The molecule has 5 heteroatoms. The Morgan fingerprint density at radius 3 is 2.56 bits per heavy atom. The highest BCUT2D eigenvalue weighted by Gasteiger charge is 2.07. The standard InChI is InChI=1S/C20H19N3O2/c1-13-11-16-9-10-17(12-18(16)25-20(13)24)23-22-14(2)19(21-3)15-7-5-4-6-8-15/h4-12,23H,1-3H3/b21-19?,22-14-. The van der Waals surface area contributed by atoms with E-state index in [1.165, 1.54) is 0 Å². The van der Waals surface area contributed by atoms with Crippen LogP contribution in [-0.4, -0.2) is 18.5 Å². The van der Waals surface area contributed by atoms with Crippen LogP contribution < -0.4 is 11.1 Å². The van der Waals surface area contributed by atoms with Crippen molar-refractivity contribution in [1.29, 1.82) is 0 Å². The molecule has 5 nitrogen and oxygen atoms in total. The van der Waals surface area contributed by atoms with Crippen LogP contribution in [0.2, 0.25) is 0 Å². The minimum absolute atomic E-state index is 0.325. The van der Waals surface area contributed by atoms with Gasteiger partial charge in [-0.1, -0.05) is 30.3 Å². The van der Waals surface area contributed by atoms with Gasteiger partial charge in [-0.15, -0.1) is 0 Å². The van der Waals surface area contributed by atoms with Gasteiger partial charge in [0.15, 0.2) is 0 Å². The van der Waals surface area contributed by atoms with Crippen molar-refractivity contribution in [2.75, 3.05) is 12.5 Å². The number of anilines is 1. The Labute approximate surface area is 145 Å². The minimum atomic E-state index is -0.325. The van der Waals surface area contributed by atoms with Crippen LogP contribution in [0.4, 0.5) is 5.69 Å². The van der Waals surface area contributed by atoms with E-state index in [1.54, 1.807) is 20.0 Å². The van der Waals surface area contributed by atoms with E-state index in [0.717, 1.165) is 28.1 Å². The van der Waals surface area contributed by atoms with E-state index >= 15 is 0 Å². The van der Waals surface area contributed by atoms with E-state index in [0.29, 0.717) is 11.1 Å². The number of nitrogens with one attached hydrogen (secondary N) is 1. The Morgan fingerprint density at radius 2 is 1.84 bits per heavy atom. The third kappa shape index (κ3) is 3.66. The van der Waals surface area contributed by atoms with Gasteiger partial charge < -0.3 is 4.42 Å². The third-order valence-corrected chi connectivity index (χ3v) is 3.88. The second-order valence-electron chi connectivity index (χ2n) is 5.72. The highest BCUT2D eigenvalue weighted by molar-refractivity contribution is 6.47. The third-order valence-electron chi connectivity index (χ3n) is 3.88. The van der Waals surface area contributed by atoms with Crippen molar-refractivity contribution in [3.8, 4) is 0 Å². The molecule has 3 rings (SSSR count). The summed E-state index contributed by atoms with van der Waals surface area (Å²) in [7, 11) is 1.74. The SMILES string of the molecule is CN=C(/C(C)=N\Nc1ccc2cc(C)c(=O)oc2c1)c1ccccc1. The maximum Gasteiger partial charge on any atom is 0.339 e. The normalized spacial score (nSPS) is 12.4. The van der Waals surface area contributed by atoms with Gasteiger partial charge in [-0.05, 0) is 32.0 Å². The molecule has 0 bridgehead atoms. The summed E-state index contributed by atoms with van der Waals surface area (Å²) < 4.78 is 5.31. The van der Waals surface area contributed by atoms with E-state index in [2.05, 4.69) is 15.5 Å². The summed E-state index contributed by atoms with van der Waals surface area (Å²) in [4.78, 5) is 16.0. The topological polar surface area (TPSA) is 67.0 Å². The fourth-order valence-corrected chi connectivity index (χ4v) is 2.58. The summed E-state index contributed by atoms with van der Waals surface area (Å²) in [6.07, 6.45) is 0. The van der Waals surface area contributed by atoms with Crippen LogP contribution in [0.3, 0.4) is 0 Å². The first-order valence-corrected chi connectivity index (χ1v) is 7.96. The molecular weight excluding hydrogens is 314 g/mol. The van der Waals surface area contributed by atoms with Crippen LogP contribution in [0, 0.1) is 6.92 Å². The van der Waals surface area contributed by atoms with Crippen molar-refractivity contribution >= 4 is 28.1 Å². The molecule has 0 radical (unpaired) electrons. The van der Waals surface area contributed by atoms with Gasteiger partial charge >= 0.3 is 5.63 Å². The van der Waals surface area contributed by atoms with Crippen LogP contribution in [0.25, 0.3) is 11.0 Å². The second kappa shape index (κ2) is 7.13. The summed E-state index contributed by atoms with van der Waals surface area (Å²) in [5.41, 5.74) is 7.12. The van der Waals surface area contributed by atoms with E-state index in [-0.39, 0.29) is 5.63 Å². The van der Waals surface area contributed by atoms with Gasteiger partial charge in [-0.2, -0.15) is 5.10 Å². The smallest absolute Gasteiger partial charge is 0.339 e. The summed E-state index contributed by atoms with van der Waals surface area (Å²) in [5.74, 6) is 0. The molecule has 0 aliphatic heterocycles. The summed E-state index contributed by atoms with van der Waals surface area (Å²) in [5, 5.41) is 5.28. The predicted molar refractivity (Wildman–Crippen MR) is 103 cm³/mol. The molecule has 25 heavy (non-hydrogen) atoms. The summed E-state index contributed by atoms with van der Waals surface area (Å²) >= 11 is 0. The number of hydrazone groups is 1. The Morgan fingerprint density at radius 1 is 1.08 bits per heavy atom. The fraction of sp³-hybridized carbons (Fsp3) is 0.150. The van der Waals surface area contributed by atoms with Gasteiger partial charge in [-0.25, -0.2) is 4.79 Å². The number of fused-ring (bicyclic) bond motifs is 1. The molecule has 1 heterocycles. The maximum absolute atomic E-state index is 11.7. The van der Waals surface area contributed by atoms with Crippen molar-refractivity contribution in [2.45, 2.75) is 13.8 Å². The molecule has 3 aromatic rings. The van der Waals surface area contributed by atoms with Crippen LogP contribution in [0.5, 0.6) is 0 Å². The molecule has 0 saturated heterocycles. The van der Waals surface area contributed by atoms with Gasteiger partial charge in [0.1, 0.15) is 5.58 Å². The zero-order chi connectivity index (χ0) is 17.8. The molecule has 0 fully saturated rings. The maximum atomic E-state index is 11.7. The molecule has 2 aromatic carbocycles. The quantitative estimate of drug-likeness (QED) is 0.446. The fourth-order valence-electron chi connectivity index (χ4n) is 2.58. The summed E-state index contributed by atoms with van der Waals surface area (Å²) in [6.45, 7) is 3.63. The van der Waals surface area contributed by atoms with Crippen molar-refractivity contribution < 1.29 is 4.42 Å². The van der Waals surface area contributed by atoms with Crippen LogP contribution in [0.15, 0.2) is 73.9 Å². The molecule has 0 atom stereocenters. The van der Waals surface area contributed by atoms with E-state index in [1.807, 2.05) is 55.5 Å². The van der Waals surface area contributed by atoms with Gasteiger partial charge in [0, 0.05) is 29.6 Å². The number of nitrogens with zero attached hydrogens (tertiary/aromatic N) is 2. The zero-order valence-corrected chi connectivity index (χ0v) is 14.4. The van der Waals surface area contributed by atoms with Crippen LogP contribution in [0.1, 0.15) is 18.1 Å². The van der Waals surface area contributed by atoms with Crippen molar-refractivity contribution in [3.05, 3.63) is 76.1 Å².